The molecule has 0 amide bonds. The quantitative estimate of drug-likeness (QED) is 0.505. The maximum Gasteiger partial charge on any atom is 0.250 e. The zero-order valence-electron chi connectivity index (χ0n) is 5.90. The molecule has 1 rings (SSSR count). The lowest BCUT2D eigenvalue weighted by Crippen LogP contribution is -2.25. The van der Waals surface area contributed by atoms with Gasteiger partial charge < -0.3 is 14.5 Å². The van der Waals surface area contributed by atoms with Crippen LogP contribution >= 0.6 is 0 Å². The first-order valence-corrected chi connectivity index (χ1v) is 2.99. The van der Waals surface area contributed by atoms with Gasteiger partial charge in [0.1, 0.15) is 0 Å². The molecule has 0 fully saturated rings. The molecule has 58 valence electrons. The van der Waals surface area contributed by atoms with Crippen LogP contribution in [0.1, 0.15) is 10.4 Å². The lowest BCUT2D eigenvalue weighted by atomic mass is 10.3. The second kappa shape index (κ2) is 2.57. The van der Waals surface area contributed by atoms with Crippen LogP contribution in [0.3, 0.4) is 0 Å². The van der Waals surface area contributed by atoms with Crippen molar-refractivity contribution in [3.05, 3.63) is 34.2 Å². The highest BCUT2D eigenvalue weighted by Gasteiger charge is 1.94. The third-order valence-corrected chi connectivity index (χ3v) is 1.34. The van der Waals surface area contributed by atoms with Crippen LogP contribution in [0.5, 0.6) is 0 Å². The Morgan fingerprint density at radius 1 is 1.64 bits per heavy atom. The molecule has 0 spiro atoms. The van der Waals surface area contributed by atoms with Gasteiger partial charge in [-0.05, 0) is 6.07 Å². The number of aromatic carboxylic acids is 1. The lowest BCUT2D eigenvalue weighted by Gasteiger charge is -2.01. The van der Waals surface area contributed by atoms with Crippen molar-refractivity contribution in [2.45, 2.75) is 0 Å². The smallest absolute Gasteiger partial charge is 0.250 e. The summed E-state index contributed by atoms with van der Waals surface area (Å²) in [6.45, 7) is 0. The number of rotatable bonds is 1. The van der Waals surface area contributed by atoms with E-state index in [1.165, 1.54) is 16.8 Å². The van der Waals surface area contributed by atoms with Gasteiger partial charge >= 0.3 is 0 Å². The zero-order chi connectivity index (χ0) is 8.43. The number of carboxylic acids is 1. The van der Waals surface area contributed by atoms with Crippen LogP contribution in [0.25, 0.3) is 0 Å². The molecule has 0 aromatic carbocycles. The fraction of sp³-hybridized carbons (Fsp3) is 0.143. The Morgan fingerprint density at radius 2 is 2.27 bits per heavy atom. The van der Waals surface area contributed by atoms with Gasteiger partial charge in [-0.2, -0.15) is 0 Å². The van der Waals surface area contributed by atoms with Gasteiger partial charge in [-0.15, -0.1) is 0 Å². The van der Waals surface area contributed by atoms with E-state index >= 15 is 0 Å². The number of carbonyl (C=O) groups is 1. The van der Waals surface area contributed by atoms with Crippen LogP contribution in [0.4, 0.5) is 0 Å². The van der Waals surface area contributed by atoms with Crippen LogP contribution in [0.15, 0.2) is 23.1 Å². The third kappa shape index (κ3) is 1.46. The van der Waals surface area contributed by atoms with Crippen molar-refractivity contribution in [1.29, 1.82) is 0 Å². The van der Waals surface area contributed by atoms with Crippen molar-refractivity contribution in [3.8, 4) is 0 Å². The summed E-state index contributed by atoms with van der Waals surface area (Å²) < 4.78 is 1.28. The summed E-state index contributed by atoms with van der Waals surface area (Å²) in [5.41, 5.74) is -0.445. The molecule has 0 saturated carbocycles. The van der Waals surface area contributed by atoms with Gasteiger partial charge in [0.2, 0.25) is 0 Å². The molecule has 4 nitrogen and oxygen atoms in total. The summed E-state index contributed by atoms with van der Waals surface area (Å²) in [6, 6.07) is 2.34. The first-order chi connectivity index (χ1) is 5.11. The molecule has 1 aromatic heterocycles. The van der Waals surface area contributed by atoms with E-state index in [0.717, 1.165) is 6.07 Å². The number of carboxylic acid groups (broad SMARTS) is 1. The van der Waals surface area contributed by atoms with Gasteiger partial charge in [0.15, 0.2) is 0 Å². The monoisotopic (exact) mass is 152 g/mol. The molecule has 0 bridgehead atoms. The molecule has 0 aliphatic rings. The first kappa shape index (κ1) is 7.53. The standard InChI is InChI=1S/C7H7NO3/c1-8-3-2-5(7(10)11)4-6(8)9/h2-4H,1H3,(H,10,11)/p-1. The van der Waals surface area contributed by atoms with Gasteiger partial charge in [-0.3, -0.25) is 4.79 Å². The molecule has 1 aromatic rings. The van der Waals surface area contributed by atoms with E-state index in [1.807, 2.05) is 0 Å². The molecule has 0 radical (unpaired) electrons. The number of pyridine rings is 1. The van der Waals surface area contributed by atoms with Gasteiger partial charge in [0, 0.05) is 24.9 Å². The van der Waals surface area contributed by atoms with Gasteiger partial charge in [0.05, 0.1) is 5.97 Å². The lowest BCUT2D eigenvalue weighted by molar-refractivity contribution is -0.255. The summed E-state index contributed by atoms with van der Waals surface area (Å²) in [5.74, 6) is -1.33. The molecule has 0 aliphatic carbocycles. The van der Waals surface area contributed by atoms with Gasteiger partial charge in [-0.25, -0.2) is 0 Å². The fourth-order valence-corrected chi connectivity index (χ4v) is 0.675. The Kier molecular flexibility index (Phi) is 1.76. The van der Waals surface area contributed by atoms with Crippen molar-refractivity contribution >= 4 is 5.97 Å². The minimum absolute atomic E-state index is 0.0897. The second-order valence-electron chi connectivity index (χ2n) is 2.15. The number of nitrogens with zero attached hydrogens (tertiary/aromatic N) is 1. The maximum absolute atomic E-state index is 10.8. The van der Waals surface area contributed by atoms with Crippen LogP contribution < -0.4 is 10.7 Å². The van der Waals surface area contributed by atoms with Crippen molar-refractivity contribution in [3.63, 3.8) is 0 Å². The van der Waals surface area contributed by atoms with Gasteiger partial charge in [-0.1, -0.05) is 0 Å². The molecular formula is C7H6NO3-. The largest absolute Gasteiger partial charge is 0.545 e. The summed E-state index contributed by atoms with van der Waals surface area (Å²) in [6.07, 6.45) is 1.38. The van der Waals surface area contributed by atoms with Gasteiger partial charge in [0.25, 0.3) is 5.56 Å². The Bertz CT molecular complexity index is 340. The predicted molar refractivity (Wildman–Crippen MR) is 36.0 cm³/mol. The second-order valence-corrected chi connectivity index (χ2v) is 2.15. The molecule has 11 heavy (non-hydrogen) atoms. The maximum atomic E-state index is 10.8. The van der Waals surface area contributed by atoms with E-state index in [9.17, 15) is 14.7 Å². The normalized spacial score (nSPS) is 9.55. The summed E-state index contributed by atoms with van der Waals surface area (Å²) >= 11 is 0. The number of hydrogen-bond donors (Lipinski definition) is 0. The van der Waals surface area contributed by atoms with Crippen molar-refractivity contribution < 1.29 is 9.90 Å². The van der Waals surface area contributed by atoms with Crippen molar-refractivity contribution in [1.82, 2.24) is 4.57 Å². The summed E-state index contributed by atoms with van der Waals surface area (Å²) in [5, 5.41) is 10.2. The Balaban J connectivity index is 3.26. The van der Waals surface area contributed by atoms with Crippen LogP contribution in [-0.4, -0.2) is 10.5 Å². The van der Waals surface area contributed by atoms with E-state index in [0.29, 0.717) is 0 Å². The topological polar surface area (TPSA) is 62.1 Å². The highest BCUT2D eigenvalue weighted by atomic mass is 16.4. The SMILES string of the molecule is Cn1ccc(C(=O)[O-])cc1=O. The molecule has 0 atom stereocenters. The van der Waals surface area contributed by atoms with Crippen LogP contribution in [-0.2, 0) is 7.05 Å². The predicted octanol–water partition coefficient (Wildman–Crippen LogP) is -1.25. The molecule has 0 aliphatic heterocycles. The number of aryl methyl sites for hydroxylation is 1. The van der Waals surface area contributed by atoms with E-state index in [-0.39, 0.29) is 11.1 Å². The average molecular weight is 152 g/mol. The minimum Gasteiger partial charge on any atom is -0.545 e. The van der Waals surface area contributed by atoms with Crippen LogP contribution in [0.2, 0.25) is 0 Å². The number of hydrogen-bond acceptors (Lipinski definition) is 3. The minimum atomic E-state index is -1.33. The Hall–Kier alpha value is -1.58. The summed E-state index contributed by atoms with van der Waals surface area (Å²) in [4.78, 5) is 21.0. The Morgan fingerprint density at radius 3 is 2.73 bits per heavy atom. The van der Waals surface area contributed by atoms with Crippen molar-refractivity contribution in [2.75, 3.05) is 0 Å². The zero-order valence-corrected chi connectivity index (χ0v) is 5.90. The average Bonchev–Trinajstić information content (AvgIpc) is 1.94. The molecule has 1 heterocycles. The number of carbonyl (C=O) groups excluding carboxylic acids is 1. The molecular weight excluding hydrogens is 146 g/mol. The highest BCUT2D eigenvalue weighted by Crippen LogP contribution is 1.90. The van der Waals surface area contributed by atoms with E-state index in [4.69, 9.17) is 0 Å². The molecule has 0 unspecified atom stereocenters. The highest BCUT2D eigenvalue weighted by molar-refractivity contribution is 5.85. The molecule has 0 saturated heterocycles. The number of aromatic nitrogens is 1. The van der Waals surface area contributed by atoms with E-state index in [2.05, 4.69) is 0 Å². The molecule has 4 heteroatoms. The summed E-state index contributed by atoms with van der Waals surface area (Å²) in [7, 11) is 1.54. The molecule has 0 N–H and O–H groups in total. The van der Waals surface area contributed by atoms with Crippen molar-refractivity contribution in [2.24, 2.45) is 7.05 Å². The van der Waals surface area contributed by atoms with E-state index in [1.54, 1.807) is 7.05 Å². The van der Waals surface area contributed by atoms with Crippen LogP contribution in [0, 0.1) is 0 Å². The fourth-order valence-electron chi connectivity index (χ4n) is 0.675. The third-order valence-electron chi connectivity index (χ3n) is 1.34. The first-order valence-electron chi connectivity index (χ1n) is 2.99. The Labute approximate surface area is 62.7 Å². The van der Waals surface area contributed by atoms with E-state index < -0.39 is 5.97 Å².